The van der Waals surface area contributed by atoms with Crippen molar-refractivity contribution in [2.75, 3.05) is 18.5 Å². The molecule has 1 heterocycles. The molecule has 0 bridgehead atoms. The van der Waals surface area contributed by atoms with Gasteiger partial charge in [0.25, 0.3) is 0 Å². The second-order valence-electron chi connectivity index (χ2n) is 4.58. The Balaban J connectivity index is 2.07. The summed E-state index contributed by atoms with van der Waals surface area (Å²) in [7, 11) is 0. The number of likely N-dealkylation sites (tertiary alicyclic amines) is 1. The topological polar surface area (TPSA) is 35.5 Å². The minimum absolute atomic E-state index is 0.0971. The van der Waals surface area contributed by atoms with Crippen molar-refractivity contribution >= 4 is 46.2 Å². The van der Waals surface area contributed by atoms with Crippen LogP contribution in [0.4, 0.5) is 5.69 Å². The molecule has 0 spiro atoms. The van der Waals surface area contributed by atoms with Crippen molar-refractivity contribution in [1.29, 1.82) is 0 Å². The third-order valence-corrected chi connectivity index (χ3v) is 4.16. The van der Waals surface area contributed by atoms with Gasteiger partial charge in [0.15, 0.2) is 5.11 Å². The number of aliphatic hydroxyl groups excluding tert-OH is 1. The van der Waals surface area contributed by atoms with E-state index in [2.05, 4.69) is 5.32 Å². The van der Waals surface area contributed by atoms with Crippen LogP contribution in [0.5, 0.6) is 0 Å². The van der Waals surface area contributed by atoms with Gasteiger partial charge in [-0.15, -0.1) is 0 Å². The van der Waals surface area contributed by atoms with E-state index in [1.165, 1.54) is 0 Å². The van der Waals surface area contributed by atoms with E-state index < -0.39 is 0 Å². The highest BCUT2D eigenvalue weighted by Gasteiger charge is 2.24. The number of benzene rings is 1. The van der Waals surface area contributed by atoms with Gasteiger partial charge in [0.2, 0.25) is 0 Å². The van der Waals surface area contributed by atoms with E-state index in [9.17, 15) is 5.11 Å². The van der Waals surface area contributed by atoms with E-state index in [-0.39, 0.29) is 12.6 Å². The minimum atomic E-state index is 0.0971. The first-order chi connectivity index (χ1) is 9.11. The Kier molecular flexibility index (Phi) is 5.28. The fraction of sp³-hybridized carbons (Fsp3) is 0.462. The number of anilines is 1. The normalized spacial score (nSPS) is 19.3. The molecule has 1 aliphatic rings. The summed E-state index contributed by atoms with van der Waals surface area (Å²) in [6.45, 7) is 0.985. The van der Waals surface area contributed by atoms with E-state index >= 15 is 0 Å². The molecular formula is C13H16Cl2N2OS. The van der Waals surface area contributed by atoms with Crippen LogP contribution in [-0.2, 0) is 0 Å². The van der Waals surface area contributed by atoms with Crippen LogP contribution in [0.3, 0.4) is 0 Å². The maximum Gasteiger partial charge on any atom is 0.173 e. The molecule has 1 atom stereocenters. The lowest BCUT2D eigenvalue weighted by Crippen LogP contribution is -2.47. The van der Waals surface area contributed by atoms with Crippen LogP contribution in [0.2, 0.25) is 10.0 Å². The van der Waals surface area contributed by atoms with E-state index in [1.54, 1.807) is 18.2 Å². The SMILES string of the molecule is OC[C@H]1CCCCN1C(=S)Nc1ccc(Cl)cc1Cl. The van der Waals surface area contributed by atoms with Gasteiger partial charge < -0.3 is 15.3 Å². The van der Waals surface area contributed by atoms with Crippen LogP contribution in [0, 0.1) is 0 Å². The molecule has 104 valence electrons. The van der Waals surface area contributed by atoms with E-state index in [1.807, 2.05) is 4.90 Å². The number of nitrogens with zero attached hydrogens (tertiary/aromatic N) is 1. The average Bonchev–Trinajstić information content (AvgIpc) is 2.41. The fourth-order valence-electron chi connectivity index (χ4n) is 2.24. The molecule has 3 nitrogen and oxygen atoms in total. The van der Waals surface area contributed by atoms with Crippen LogP contribution >= 0.6 is 35.4 Å². The maximum atomic E-state index is 9.39. The third kappa shape index (κ3) is 3.72. The van der Waals surface area contributed by atoms with Gasteiger partial charge in [0.1, 0.15) is 0 Å². The molecule has 0 radical (unpaired) electrons. The van der Waals surface area contributed by atoms with Gasteiger partial charge in [-0.1, -0.05) is 23.2 Å². The van der Waals surface area contributed by atoms with Crippen LogP contribution < -0.4 is 5.32 Å². The largest absolute Gasteiger partial charge is 0.394 e. The first-order valence-electron chi connectivity index (χ1n) is 6.25. The van der Waals surface area contributed by atoms with Crippen molar-refractivity contribution in [1.82, 2.24) is 4.90 Å². The van der Waals surface area contributed by atoms with Crippen molar-refractivity contribution in [3.63, 3.8) is 0 Å². The maximum absolute atomic E-state index is 9.39. The second kappa shape index (κ2) is 6.75. The van der Waals surface area contributed by atoms with Crippen molar-refractivity contribution in [2.24, 2.45) is 0 Å². The van der Waals surface area contributed by atoms with Crippen molar-refractivity contribution in [3.8, 4) is 0 Å². The predicted molar refractivity (Wildman–Crippen MR) is 84.1 cm³/mol. The highest BCUT2D eigenvalue weighted by molar-refractivity contribution is 7.80. The second-order valence-corrected chi connectivity index (χ2v) is 5.81. The van der Waals surface area contributed by atoms with Gasteiger partial charge in [0, 0.05) is 11.6 Å². The molecule has 19 heavy (non-hydrogen) atoms. The van der Waals surface area contributed by atoms with Crippen LogP contribution in [0.15, 0.2) is 18.2 Å². The summed E-state index contributed by atoms with van der Waals surface area (Å²) in [4.78, 5) is 2.03. The highest BCUT2D eigenvalue weighted by atomic mass is 35.5. The minimum Gasteiger partial charge on any atom is -0.394 e. The number of hydrogen-bond donors (Lipinski definition) is 2. The molecule has 0 saturated carbocycles. The van der Waals surface area contributed by atoms with E-state index in [4.69, 9.17) is 35.4 Å². The summed E-state index contributed by atoms with van der Waals surface area (Å²) in [5.41, 5.74) is 0.735. The average molecular weight is 319 g/mol. The van der Waals surface area contributed by atoms with E-state index in [0.717, 1.165) is 31.5 Å². The first-order valence-corrected chi connectivity index (χ1v) is 7.42. The number of nitrogens with one attached hydrogen (secondary N) is 1. The summed E-state index contributed by atoms with van der Waals surface area (Å²) in [5.74, 6) is 0. The zero-order chi connectivity index (χ0) is 13.8. The Morgan fingerprint density at radius 3 is 2.89 bits per heavy atom. The lowest BCUT2D eigenvalue weighted by molar-refractivity contribution is 0.149. The Labute approximate surface area is 128 Å². The molecule has 1 aliphatic heterocycles. The number of piperidine rings is 1. The van der Waals surface area contributed by atoms with Crippen LogP contribution in [0.1, 0.15) is 19.3 Å². The lowest BCUT2D eigenvalue weighted by atomic mass is 10.0. The van der Waals surface area contributed by atoms with Crippen molar-refractivity contribution in [3.05, 3.63) is 28.2 Å². The molecule has 2 N–H and O–H groups in total. The molecule has 1 aromatic rings. The van der Waals surface area contributed by atoms with Crippen LogP contribution in [0.25, 0.3) is 0 Å². The van der Waals surface area contributed by atoms with Gasteiger partial charge in [-0.2, -0.15) is 0 Å². The molecule has 1 fully saturated rings. The Bertz CT molecular complexity index is 470. The summed E-state index contributed by atoms with van der Waals surface area (Å²) in [6.07, 6.45) is 3.19. The Morgan fingerprint density at radius 1 is 1.42 bits per heavy atom. The fourth-order valence-corrected chi connectivity index (χ4v) is 3.04. The summed E-state index contributed by atoms with van der Waals surface area (Å²) in [5, 5.41) is 14.2. The van der Waals surface area contributed by atoms with Gasteiger partial charge in [-0.3, -0.25) is 0 Å². The molecule has 0 unspecified atom stereocenters. The molecule has 0 aromatic heterocycles. The highest BCUT2D eigenvalue weighted by Crippen LogP contribution is 2.26. The lowest BCUT2D eigenvalue weighted by Gasteiger charge is -2.36. The van der Waals surface area contributed by atoms with Crippen molar-refractivity contribution in [2.45, 2.75) is 25.3 Å². The Morgan fingerprint density at radius 2 is 2.21 bits per heavy atom. The predicted octanol–water partition coefficient (Wildman–Crippen LogP) is 3.54. The summed E-state index contributed by atoms with van der Waals surface area (Å²) >= 11 is 17.4. The van der Waals surface area contributed by atoms with Crippen molar-refractivity contribution < 1.29 is 5.11 Å². The van der Waals surface area contributed by atoms with Gasteiger partial charge in [0.05, 0.1) is 23.4 Å². The molecular weight excluding hydrogens is 303 g/mol. The number of rotatable bonds is 2. The Hall–Kier alpha value is -0.550. The number of thiocarbonyl (C=S) groups is 1. The number of aliphatic hydroxyl groups is 1. The summed E-state index contributed by atoms with van der Waals surface area (Å²) in [6, 6.07) is 5.33. The molecule has 1 aromatic carbocycles. The quantitative estimate of drug-likeness (QED) is 0.818. The monoisotopic (exact) mass is 318 g/mol. The zero-order valence-corrected chi connectivity index (χ0v) is 12.7. The van der Waals surface area contributed by atoms with Gasteiger partial charge in [-0.25, -0.2) is 0 Å². The van der Waals surface area contributed by atoms with E-state index in [0.29, 0.717) is 15.2 Å². The number of hydrogen-bond acceptors (Lipinski definition) is 2. The first kappa shape index (κ1) is 14.9. The third-order valence-electron chi connectivity index (χ3n) is 3.27. The van der Waals surface area contributed by atoms with Crippen LogP contribution in [-0.4, -0.2) is 34.3 Å². The zero-order valence-electron chi connectivity index (χ0n) is 10.4. The smallest absolute Gasteiger partial charge is 0.173 e. The molecule has 1 saturated heterocycles. The van der Waals surface area contributed by atoms with Gasteiger partial charge >= 0.3 is 0 Å². The molecule has 6 heteroatoms. The molecule has 2 rings (SSSR count). The standard InChI is InChI=1S/C13H16Cl2N2OS/c14-9-4-5-12(11(15)7-9)16-13(19)17-6-2-1-3-10(17)8-18/h4-5,7,10,18H,1-3,6,8H2,(H,16,19)/t10-/m1/s1. The van der Waals surface area contributed by atoms with Gasteiger partial charge in [-0.05, 0) is 49.7 Å². The molecule has 0 amide bonds. The summed E-state index contributed by atoms with van der Waals surface area (Å²) < 4.78 is 0. The number of halogens is 2. The molecule has 0 aliphatic carbocycles.